The van der Waals surface area contributed by atoms with Gasteiger partial charge in [-0.05, 0) is 41.3 Å². The predicted molar refractivity (Wildman–Crippen MR) is 119 cm³/mol. The molecule has 7 heteroatoms. The number of hydrogen-bond donors (Lipinski definition) is 0. The fourth-order valence-electron chi connectivity index (χ4n) is 3.58. The molecule has 0 unspecified atom stereocenters. The normalized spacial score (nSPS) is 14.5. The van der Waals surface area contributed by atoms with Crippen LogP contribution in [0.1, 0.15) is 20.8 Å². The van der Waals surface area contributed by atoms with Crippen molar-refractivity contribution in [2.24, 2.45) is 0 Å². The van der Waals surface area contributed by atoms with Crippen molar-refractivity contribution in [2.75, 3.05) is 33.3 Å². The van der Waals surface area contributed by atoms with Crippen molar-refractivity contribution < 1.29 is 18.7 Å². The van der Waals surface area contributed by atoms with E-state index in [9.17, 15) is 9.18 Å². The number of carbonyl (C=O) groups excluding carboxylic acids is 1. The number of thiophene rings is 1. The van der Waals surface area contributed by atoms with Crippen molar-refractivity contribution in [3.05, 3.63) is 81.8 Å². The molecule has 0 spiro atoms. The first kappa shape index (κ1) is 21.3. The summed E-state index contributed by atoms with van der Waals surface area (Å²) in [6.45, 7) is 3.99. The molecule has 0 radical (unpaired) electrons. The predicted octanol–water partition coefficient (Wildman–Crippen LogP) is 4.43. The first-order valence-corrected chi connectivity index (χ1v) is 11.1. The highest BCUT2D eigenvalue weighted by Crippen LogP contribution is 2.23. The van der Waals surface area contributed by atoms with Crippen LogP contribution in [0.15, 0.2) is 60.0 Å². The summed E-state index contributed by atoms with van der Waals surface area (Å²) in [6.07, 6.45) is 0. The minimum Gasteiger partial charge on any atom is -0.497 e. The Morgan fingerprint density at radius 3 is 2.55 bits per heavy atom. The summed E-state index contributed by atoms with van der Waals surface area (Å²) < 4.78 is 24.4. The Kier molecular flexibility index (Phi) is 6.84. The van der Waals surface area contributed by atoms with Gasteiger partial charge in [0.25, 0.3) is 5.91 Å². The van der Waals surface area contributed by atoms with E-state index in [2.05, 4.69) is 4.90 Å². The van der Waals surface area contributed by atoms with E-state index in [1.54, 1.807) is 19.2 Å². The lowest BCUT2D eigenvalue weighted by Crippen LogP contribution is -2.48. The number of ether oxygens (including phenoxy) is 2. The van der Waals surface area contributed by atoms with Crippen LogP contribution in [0.5, 0.6) is 11.5 Å². The second-order valence-corrected chi connectivity index (χ2v) is 8.40. The summed E-state index contributed by atoms with van der Waals surface area (Å²) >= 11 is 1.45. The molecule has 1 fully saturated rings. The Balaban J connectivity index is 1.28. The van der Waals surface area contributed by atoms with Crippen LogP contribution in [0, 0.1) is 5.82 Å². The number of rotatable bonds is 7. The molecule has 1 aliphatic rings. The summed E-state index contributed by atoms with van der Waals surface area (Å²) in [5, 5.41) is 1.97. The molecule has 0 N–H and O–H groups in total. The average Bonchev–Trinajstić information content (AvgIpc) is 3.27. The van der Waals surface area contributed by atoms with E-state index in [1.165, 1.54) is 17.4 Å². The van der Waals surface area contributed by atoms with E-state index in [1.807, 2.05) is 46.7 Å². The molecule has 0 saturated carbocycles. The monoisotopic (exact) mass is 440 g/mol. The number of hydrogen-bond acceptors (Lipinski definition) is 5. The third-order valence-electron chi connectivity index (χ3n) is 5.27. The quantitative estimate of drug-likeness (QED) is 0.545. The lowest BCUT2D eigenvalue weighted by molar-refractivity contribution is 0.0633. The Bertz CT molecular complexity index is 1030. The molecule has 5 nitrogen and oxygen atoms in total. The summed E-state index contributed by atoms with van der Waals surface area (Å²) in [6, 6.07) is 16.1. The van der Waals surface area contributed by atoms with Gasteiger partial charge in [0.1, 0.15) is 23.9 Å². The van der Waals surface area contributed by atoms with Crippen LogP contribution < -0.4 is 9.47 Å². The summed E-state index contributed by atoms with van der Waals surface area (Å²) in [7, 11) is 1.62. The van der Waals surface area contributed by atoms with Gasteiger partial charge in [0.2, 0.25) is 0 Å². The van der Waals surface area contributed by atoms with E-state index < -0.39 is 0 Å². The number of nitrogens with zero attached hydrogens (tertiary/aromatic N) is 2. The van der Waals surface area contributed by atoms with Gasteiger partial charge in [-0.1, -0.05) is 18.2 Å². The van der Waals surface area contributed by atoms with Crippen molar-refractivity contribution in [3.63, 3.8) is 0 Å². The van der Waals surface area contributed by atoms with Crippen LogP contribution in [-0.4, -0.2) is 49.0 Å². The zero-order valence-corrected chi connectivity index (χ0v) is 18.2. The maximum Gasteiger partial charge on any atom is 0.264 e. The molecule has 0 aliphatic carbocycles. The molecule has 0 bridgehead atoms. The molecule has 1 amide bonds. The topological polar surface area (TPSA) is 42.0 Å². The van der Waals surface area contributed by atoms with E-state index in [0.717, 1.165) is 40.6 Å². The van der Waals surface area contributed by atoms with E-state index in [4.69, 9.17) is 9.47 Å². The lowest BCUT2D eigenvalue weighted by Gasteiger charge is -2.34. The molecule has 2 aromatic carbocycles. The molecule has 3 aromatic rings. The first-order chi connectivity index (χ1) is 15.1. The van der Waals surface area contributed by atoms with Crippen molar-refractivity contribution in [3.8, 4) is 11.5 Å². The van der Waals surface area contributed by atoms with Crippen LogP contribution in [0.3, 0.4) is 0 Å². The fourth-order valence-corrected chi connectivity index (χ4v) is 4.44. The Morgan fingerprint density at radius 1 is 1.00 bits per heavy atom. The Morgan fingerprint density at radius 2 is 1.77 bits per heavy atom. The van der Waals surface area contributed by atoms with Crippen molar-refractivity contribution in [1.82, 2.24) is 9.80 Å². The number of carbonyl (C=O) groups is 1. The van der Waals surface area contributed by atoms with Crippen LogP contribution >= 0.6 is 11.3 Å². The molecular weight excluding hydrogens is 415 g/mol. The van der Waals surface area contributed by atoms with Gasteiger partial charge in [-0.2, -0.15) is 0 Å². The van der Waals surface area contributed by atoms with Gasteiger partial charge in [0.05, 0.1) is 12.0 Å². The first-order valence-electron chi connectivity index (χ1n) is 10.2. The maximum atomic E-state index is 13.4. The third kappa shape index (κ3) is 5.62. The Labute approximate surface area is 185 Å². The van der Waals surface area contributed by atoms with E-state index in [0.29, 0.717) is 26.2 Å². The SMILES string of the molecule is COc1cccc(OCc2csc(C(=O)N3CCN(Cc4cccc(F)c4)CC3)c2)c1. The molecule has 162 valence electrons. The number of halogens is 1. The molecule has 31 heavy (non-hydrogen) atoms. The van der Waals surface area contributed by atoms with Crippen LogP contribution in [0.25, 0.3) is 0 Å². The van der Waals surface area contributed by atoms with Gasteiger partial charge in [0.15, 0.2) is 0 Å². The second kappa shape index (κ2) is 9.94. The Hall–Kier alpha value is -2.90. The number of amides is 1. The standard InChI is InChI=1S/C24H25FN2O3S/c1-29-21-6-3-7-22(14-21)30-16-19-13-23(31-17-19)24(28)27-10-8-26(9-11-27)15-18-4-2-5-20(25)12-18/h2-7,12-14,17H,8-11,15-16H2,1H3. The van der Waals surface area contributed by atoms with Gasteiger partial charge >= 0.3 is 0 Å². The molecular formula is C24H25FN2O3S. The molecule has 1 aromatic heterocycles. The zero-order chi connectivity index (χ0) is 21.6. The lowest BCUT2D eigenvalue weighted by atomic mass is 10.2. The molecule has 4 rings (SSSR count). The van der Waals surface area contributed by atoms with Gasteiger partial charge in [0, 0.05) is 44.4 Å². The van der Waals surface area contributed by atoms with E-state index in [-0.39, 0.29) is 11.7 Å². The minimum atomic E-state index is -0.213. The van der Waals surface area contributed by atoms with Crippen molar-refractivity contribution >= 4 is 17.2 Å². The molecule has 1 saturated heterocycles. The highest BCUT2D eigenvalue weighted by molar-refractivity contribution is 7.12. The smallest absolute Gasteiger partial charge is 0.264 e. The molecule has 0 atom stereocenters. The zero-order valence-electron chi connectivity index (χ0n) is 17.4. The van der Waals surface area contributed by atoms with Gasteiger partial charge in [-0.3, -0.25) is 9.69 Å². The fraction of sp³-hybridized carbons (Fsp3) is 0.292. The highest BCUT2D eigenvalue weighted by Gasteiger charge is 2.23. The summed E-state index contributed by atoms with van der Waals surface area (Å²) in [5.41, 5.74) is 1.93. The maximum absolute atomic E-state index is 13.4. The molecule has 2 heterocycles. The highest BCUT2D eigenvalue weighted by atomic mass is 32.1. The second-order valence-electron chi connectivity index (χ2n) is 7.49. The van der Waals surface area contributed by atoms with E-state index >= 15 is 0 Å². The van der Waals surface area contributed by atoms with Gasteiger partial charge in [-0.25, -0.2) is 4.39 Å². The third-order valence-corrected chi connectivity index (χ3v) is 6.23. The van der Waals surface area contributed by atoms with Crippen LogP contribution in [0.4, 0.5) is 4.39 Å². The largest absolute Gasteiger partial charge is 0.497 e. The van der Waals surface area contributed by atoms with Gasteiger partial charge < -0.3 is 14.4 Å². The number of methoxy groups -OCH3 is 1. The minimum absolute atomic E-state index is 0.0584. The molecule has 1 aliphatic heterocycles. The summed E-state index contributed by atoms with van der Waals surface area (Å²) in [5.74, 6) is 1.32. The number of benzene rings is 2. The van der Waals surface area contributed by atoms with Crippen molar-refractivity contribution in [2.45, 2.75) is 13.2 Å². The summed E-state index contributed by atoms with van der Waals surface area (Å²) in [4.78, 5) is 17.8. The van der Waals surface area contributed by atoms with Crippen LogP contribution in [-0.2, 0) is 13.2 Å². The number of piperazine rings is 1. The van der Waals surface area contributed by atoms with Gasteiger partial charge in [-0.15, -0.1) is 11.3 Å². The average molecular weight is 441 g/mol. The van der Waals surface area contributed by atoms with Crippen molar-refractivity contribution in [1.29, 1.82) is 0 Å². The van der Waals surface area contributed by atoms with Crippen LogP contribution in [0.2, 0.25) is 0 Å².